The zero-order valence-corrected chi connectivity index (χ0v) is 9.85. The van der Waals surface area contributed by atoms with Crippen LogP contribution in [0.5, 0.6) is 0 Å². The van der Waals surface area contributed by atoms with Crippen molar-refractivity contribution < 1.29 is 22.7 Å². The van der Waals surface area contributed by atoms with Crippen LogP contribution in [0, 0.1) is 5.92 Å². The monoisotopic (exact) mass is 253 g/mol. The number of hydrogen-bond donors (Lipinski definition) is 1. The van der Waals surface area contributed by atoms with Gasteiger partial charge in [0.25, 0.3) is 0 Å². The molecule has 6 heteroatoms. The van der Waals surface area contributed by atoms with E-state index in [1.54, 1.807) is 0 Å². The molecule has 1 fully saturated rings. The minimum Gasteiger partial charge on any atom is -0.362 e. The van der Waals surface area contributed by atoms with Crippen LogP contribution in [0.4, 0.5) is 13.2 Å². The highest BCUT2D eigenvalue weighted by atomic mass is 19.4. The standard InChI is InChI=1S/C11H18F3NO2/c1-8-3-2-4-9(5-8)15-10(16)6-17-7-11(12,13)14/h8-9H,2-7H2,1H3,(H,15,16). The molecular formula is C11H18F3NO2. The highest BCUT2D eigenvalue weighted by Crippen LogP contribution is 2.23. The van der Waals surface area contributed by atoms with Crippen LogP contribution in [0.3, 0.4) is 0 Å². The number of amides is 1. The van der Waals surface area contributed by atoms with Gasteiger partial charge < -0.3 is 10.1 Å². The van der Waals surface area contributed by atoms with Gasteiger partial charge in [0.15, 0.2) is 0 Å². The second-order valence-corrected chi connectivity index (χ2v) is 4.64. The van der Waals surface area contributed by atoms with E-state index in [4.69, 9.17) is 0 Å². The Morgan fingerprint density at radius 1 is 1.41 bits per heavy atom. The highest BCUT2D eigenvalue weighted by molar-refractivity contribution is 5.77. The Morgan fingerprint density at radius 3 is 2.71 bits per heavy atom. The quantitative estimate of drug-likeness (QED) is 0.834. The van der Waals surface area contributed by atoms with Gasteiger partial charge in [0.1, 0.15) is 13.2 Å². The highest BCUT2D eigenvalue weighted by Gasteiger charge is 2.28. The van der Waals surface area contributed by atoms with Crippen molar-refractivity contribution in [3.8, 4) is 0 Å². The van der Waals surface area contributed by atoms with E-state index in [9.17, 15) is 18.0 Å². The van der Waals surface area contributed by atoms with Gasteiger partial charge in [-0.2, -0.15) is 13.2 Å². The molecule has 1 amide bonds. The summed E-state index contributed by atoms with van der Waals surface area (Å²) < 4.78 is 39.6. The van der Waals surface area contributed by atoms with Crippen LogP contribution >= 0.6 is 0 Å². The largest absolute Gasteiger partial charge is 0.411 e. The van der Waals surface area contributed by atoms with Gasteiger partial charge in [0.05, 0.1) is 0 Å². The van der Waals surface area contributed by atoms with Gasteiger partial charge in [-0.15, -0.1) is 0 Å². The Bertz CT molecular complexity index is 256. The summed E-state index contributed by atoms with van der Waals surface area (Å²) >= 11 is 0. The molecule has 17 heavy (non-hydrogen) atoms. The first-order valence-corrected chi connectivity index (χ1v) is 5.80. The molecule has 0 heterocycles. The van der Waals surface area contributed by atoms with Crippen molar-refractivity contribution in [2.24, 2.45) is 5.92 Å². The van der Waals surface area contributed by atoms with Gasteiger partial charge in [-0.3, -0.25) is 4.79 Å². The molecule has 1 aliphatic carbocycles. The number of carbonyl (C=O) groups is 1. The molecule has 0 aromatic heterocycles. The minimum absolute atomic E-state index is 0.0840. The summed E-state index contributed by atoms with van der Waals surface area (Å²) in [6.45, 7) is 0.213. The summed E-state index contributed by atoms with van der Waals surface area (Å²) in [5.74, 6) is 0.0958. The first-order valence-electron chi connectivity index (χ1n) is 5.80. The lowest BCUT2D eigenvalue weighted by molar-refractivity contribution is -0.175. The summed E-state index contributed by atoms with van der Waals surface area (Å²) in [6, 6.07) is 0.0840. The topological polar surface area (TPSA) is 38.3 Å². The Balaban J connectivity index is 2.16. The first-order chi connectivity index (χ1) is 7.87. The maximum Gasteiger partial charge on any atom is 0.411 e. The fourth-order valence-electron chi connectivity index (χ4n) is 2.09. The fraction of sp³-hybridized carbons (Fsp3) is 0.909. The SMILES string of the molecule is CC1CCCC(NC(=O)COCC(F)(F)F)C1. The second kappa shape index (κ2) is 6.23. The van der Waals surface area contributed by atoms with Crippen molar-refractivity contribution in [1.29, 1.82) is 0 Å². The van der Waals surface area contributed by atoms with Crippen LogP contribution in [0.2, 0.25) is 0 Å². The lowest BCUT2D eigenvalue weighted by atomic mass is 9.87. The maximum absolute atomic E-state index is 11.8. The number of alkyl halides is 3. The van der Waals surface area contributed by atoms with Crippen LogP contribution in [0.25, 0.3) is 0 Å². The molecule has 2 unspecified atom stereocenters. The molecule has 1 N–H and O–H groups in total. The molecule has 100 valence electrons. The van der Waals surface area contributed by atoms with E-state index in [2.05, 4.69) is 17.0 Å². The molecule has 1 aliphatic rings. The second-order valence-electron chi connectivity index (χ2n) is 4.64. The van der Waals surface area contributed by atoms with E-state index < -0.39 is 25.3 Å². The number of carbonyl (C=O) groups excluding carboxylic acids is 1. The summed E-state index contributed by atoms with van der Waals surface area (Å²) in [4.78, 5) is 11.3. The van der Waals surface area contributed by atoms with Gasteiger partial charge in [-0.05, 0) is 18.8 Å². The van der Waals surface area contributed by atoms with Crippen molar-refractivity contribution in [3.05, 3.63) is 0 Å². The Kier molecular flexibility index (Phi) is 5.24. The minimum atomic E-state index is -4.38. The van der Waals surface area contributed by atoms with E-state index in [1.807, 2.05) is 0 Å². The molecule has 0 radical (unpaired) electrons. The molecule has 3 nitrogen and oxygen atoms in total. The third-order valence-corrected chi connectivity index (χ3v) is 2.80. The van der Waals surface area contributed by atoms with E-state index in [0.717, 1.165) is 25.7 Å². The van der Waals surface area contributed by atoms with Crippen molar-refractivity contribution in [2.45, 2.75) is 44.8 Å². The summed E-state index contributed by atoms with van der Waals surface area (Å²) in [5, 5.41) is 2.70. The molecule has 0 saturated heterocycles. The molecular weight excluding hydrogens is 235 g/mol. The third kappa shape index (κ3) is 6.51. The van der Waals surface area contributed by atoms with Crippen LogP contribution in [-0.2, 0) is 9.53 Å². The predicted octanol–water partition coefficient (Wildman–Crippen LogP) is 2.26. The van der Waals surface area contributed by atoms with E-state index in [-0.39, 0.29) is 6.04 Å². The normalized spacial score (nSPS) is 25.6. The van der Waals surface area contributed by atoms with E-state index in [0.29, 0.717) is 5.92 Å². The van der Waals surface area contributed by atoms with Crippen LogP contribution in [0.1, 0.15) is 32.6 Å². The van der Waals surface area contributed by atoms with Gasteiger partial charge >= 0.3 is 6.18 Å². The van der Waals surface area contributed by atoms with Crippen LogP contribution in [0.15, 0.2) is 0 Å². The summed E-state index contributed by atoms with van der Waals surface area (Å²) in [5.41, 5.74) is 0. The average Bonchev–Trinajstić information content (AvgIpc) is 2.15. The third-order valence-electron chi connectivity index (χ3n) is 2.80. The summed E-state index contributed by atoms with van der Waals surface area (Å²) in [7, 11) is 0. The molecule has 0 aliphatic heterocycles. The Morgan fingerprint density at radius 2 is 2.12 bits per heavy atom. The first kappa shape index (κ1) is 14.3. The Labute approximate surface area is 98.7 Å². The van der Waals surface area contributed by atoms with Gasteiger partial charge in [-0.1, -0.05) is 19.8 Å². The van der Waals surface area contributed by atoms with Crippen molar-refractivity contribution in [1.82, 2.24) is 5.32 Å². The van der Waals surface area contributed by atoms with Crippen molar-refractivity contribution in [3.63, 3.8) is 0 Å². The number of rotatable bonds is 4. The zero-order chi connectivity index (χ0) is 12.9. The number of hydrogen-bond acceptors (Lipinski definition) is 2. The van der Waals surface area contributed by atoms with E-state index in [1.165, 1.54) is 0 Å². The molecule has 0 aromatic rings. The van der Waals surface area contributed by atoms with Gasteiger partial charge in [0.2, 0.25) is 5.91 Å². The van der Waals surface area contributed by atoms with Crippen LogP contribution < -0.4 is 5.32 Å². The molecule has 2 atom stereocenters. The van der Waals surface area contributed by atoms with Gasteiger partial charge in [0, 0.05) is 6.04 Å². The number of ether oxygens (including phenoxy) is 1. The van der Waals surface area contributed by atoms with E-state index >= 15 is 0 Å². The average molecular weight is 253 g/mol. The van der Waals surface area contributed by atoms with Crippen molar-refractivity contribution >= 4 is 5.91 Å². The van der Waals surface area contributed by atoms with Crippen LogP contribution in [-0.4, -0.2) is 31.3 Å². The zero-order valence-electron chi connectivity index (χ0n) is 9.85. The van der Waals surface area contributed by atoms with Crippen molar-refractivity contribution in [2.75, 3.05) is 13.2 Å². The lowest BCUT2D eigenvalue weighted by Gasteiger charge is -2.27. The predicted molar refractivity (Wildman–Crippen MR) is 56.4 cm³/mol. The molecule has 0 bridgehead atoms. The smallest absolute Gasteiger partial charge is 0.362 e. The molecule has 0 aromatic carbocycles. The number of halogens is 3. The molecule has 0 spiro atoms. The molecule has 1 rings (SSSR count). The number of nitrogens with one attached hydrogen (secondary N) is 1. The Hall–Kier alpha value is -0.780. The maximum atomic E-state index is 11.8. The summed E-state index contributed by atoms with van der Waals surface area (Å²) in [6.07, 6.45) is -0.382. The fourth-order valence-corrected chi connectivity index (χ4v) is 2.09. The van der Waals surface area contributed by atoms with Gasteiger partial charge in [-0.25, -0.2) is 0 Å². The lowest BCUT2D eigenvalue weighted by Crippen LogP contribution is -2.40. The molecule has 1 saturated carbocycles.